The lowest BCUT2D eigenvalue weighted by atomic mass is 10.2. The van der Waals surface area contributed by atoms with E-state index >= 15 is 0 Å². The Morgan fingerprint density at radius 3 is 2.69 bits per heavy atom. The third-order valence-electron chi connectivity index (χ3n) is 4.93. The van der Waals surface area contributed by atoms with E-state index in [1.807, 2.05) is 52.9 Å². The minimum absolute atomic E-state index is 0.0184. The van der Waals surface area contributed by atoms with Gasteiger partial charge < -0.3 is 0 Å². The van der Waals surface area contributed by atoms with Crippen LogP contribution in [0.1, 0.15) is 19.0 Å². The molecule has 3 heterocycles. The van der Waals surface area contributed by atoms with E-state index in [1.165, 1.54) is 0 Å². The van der Waals surface area contributed by atoms with Crippen LogP contribution in [0.15, 0.2) is 70.6 Å². The predicted molar refractivity (Wildman–Crippen MR) is 116 cm³/mol. The second kappa shape index (κ2) is 7.33. The lowest BCUT2D eigenvalue weighted by Gasteiger charge is -2.10. The zero-order chi connectivity index (χ0) is 19.8. The molecule has 0 saturated heterocycles. The molecule has 7 heteroatoms. The second-order valence-electron chi connectivity index (χ2n) is 6.88. The first-order chi connectivity index (χ1) is 14.3. The lowest BCUT2D eigenvalue weighted by Crippen LogP contribution is -2.23. The molecule has 3 aromatic heterocycles. The van der Waals surface area contributed by atoms with Gasteiger partial charge in [-0.1, -0.05) is 55.1 Å². The topological polar surface area (TPSA) is 65.1 Å². The fourth-order valence-corrected chi connectivity index (χ4v) is 4.42. The summed E-state index contributed by atoms with van der Waals surface area (Å²) >= 11 is 1.58. The van der Waals surface area contributed by atoms with E-state index in [4.69, 9.17) is 4.98 Å². The van der Waals surface area contributed by atoms with Crippen LogP contribution < -0.4 is 5.56 Å². The summed E-state index contributed by atoms with van der Waals surface area (Å²) in [6.07, 6.45) is 0.851. The Morgan fingerprint density at radius 1 is 0.966 bits per heavy atom. The molecule has 5 rings (SSSR count). The SMILES string of the molecule is CCCn1c(=O)c2ccccc2n2c(SCc3ccc4ccccc4n3)nnc12. The summed E-state index contributed by atoms with van der Waals surface area (Å²) in [5, 5.41) is 11.3. The van der Waals surface area contributed by atoms with E-state index in [0.717, 1.165) is 33.7 Å². The van der Waals surface area contributed by atoms with Crippen molar-refractivity contribution in [2.75, 3.05) is 0 Å². The van der Waals surface area contributed by atoms with Crippen LogP contribution in [0.2, 0.25) is 0 Å². The minimum Gasteiger partial charge on any atom is -0.276 e. The van der Waals surface area contributed by atoms with Gasteiger partial charge in [-0.3, -0.25) is 18.7 Å². The number of fused-ring (bicyclic) bond motifs is 4. The van der Waals surface area contributed by atoms with E-state index in [2.05, 4.69) is 29.3 Å². The number of rotatable bonds is 5. The quantitative estimate of drug-likeness (QED) is 0.411. The van der Waals surface area contributed by atoms with E-state index in [1.54, 1.807) is 16.3 Å². The number of hydrogen-bond donors (Lipinski definition) is 0. The highest BCUT2D eigenvalue weighted by molar-refractivity contribution is 7.98. The maximum absolute atomic E-state index is 12.9. The molecule has 0 unspecified atom stereocenters. The Labute approximate surface area is 171 Å². The zero-order valence-corrected chi connectivity index (χ0v) is 16.8. The van der Waals surface area contributed by atoms with Gasteiger partial charge in [0.1, 0.15) is 0 Å². The zero-order valence-electron chi connectivity index (χ0n) is 15.9. The van der Waals surface area contributed by atoms with Crippen LogP contribution in [-0.2, 0) is 12.3 Å². The molecular formula is C22H19N5OS. The monoisotopic (exact) mass is 401 g/mol. The maximum Gasteiger partial charge on any atom is 0.262 e. The van der Waals surface area contributed by atoms with Crippen molar-refractivity contribution >= 4 is 39.3 Å². The normalized spacial score (nSPS) is 11.6. The van der Waals surface area contributed by atoms with Crippen molar-refractivity contribution in [3.8, 4) is 0 Å². The van der Waals surface area contributed by atoms with Gasteiger partial charge in [0.2, 0.25) is 5.78 Å². The van der Waals surface area contributed by atoms with E-state index < -0.39 is 0 Å². The summed E-state index contributed by atoms with van der Waals surface area (Å²) in [7, 11) is 0. The number of para-hydroxylation sites is 2. The fourth-order valence-electron chi connectivity index (χ4n) is 3.58. The van der Waals surface area contributed by atoms with Gasteiger partial charge in [0.25, 0.3) is 5.56 Å². The summed E-state index contributed by atoms with van der Waals surface area (Å²) < 4.78 is 3.70. The molecule has 2 aromatic carbocycles. The van der Waals surface area contributed by atoms with Crippen LogP contribution in [0.25, 0.3) is 27.6 Å². The molecule has 6 nitrogen and oxygen atoms in total. The van der Waals surface area contributed by atoms with Crippen molar-refractivity contribution < 1.29 is 0 Å². The summed E-state index contributed by atoms with van der Waals surface area (Å²) in [5.74, 6) is 1.26. The van der Waals surface area contributed by atoms with Crippen molar-refractivity contribution in [3.05, 3.63) is 76.7 Å². The molecule has 0 aliphatic heterocycles. The molecule has 0 atom stereocenters. The van der Waals surface area contributed by atoms with Crippen LogP contribution in [0.5, 0.6) is 0 Å². The Balaban J connectivity index is 1.59. The van der Waals surface area contributed by atoms with E-state index in [9.17, 15) is 4.79 Å². The van der Waals surface area contributed by atoms with Crippen LogP contribution in [-0.4, -0.2) is 24.1 Å². The van der Waals surface area contributed by atoms with Crippen molar-refractivity contribution in [3.63, 3.8) is 0 Å². The van der Waals surface area contributed by atoms with Gasteiger partial charge in [0.15, 0.2) is 5.16 Å². The van der Waals surface area contributed by atoms with Gasteiger partial charge in [-0.15, -0.1) is 10.2 Å². The fraction of sp³-hybridized carbons (Fsp3) is 0.182. The summed E-state index contributed by atoms with van der Waals surface area (Å²) in [5.41, 5.74) is 2.78. The van der Waals surface area contributed by atoms with Crippen LogP contribution >= 0.6 is 11.8 Å². The minimum atomic E-state index is -0.0184. The maximum atomic E-state index is 12.9. The first-order valence-electron chi connectivity index (χ1n) is 9.60. The number of aryl methyl sites for hydroxylation is 1. The largest absolute Gasteiger partial charge is 0.276 e. The molecule has 0 aliphatic carbocycles. The third-order valence-corrected chi connectivity index (χ3v) is 5.89. The molecule has 0 N–H and O–H groups in total. The van der Waals surface area contributed by atoms with Gasteiger partial charge in [0.05, 0.1) is 22.1 Å². The molecule has 144 valence electrons. The number of pyridine rings is 1. The summed E-state index contributed by atoms with van der Waals surface area (Å²) in [4.78, 5) is 17.7. The van der Waals surface area contributed by atoms with Crippen LogP contribution in [0, 0.1) is 0 Å². The Hall–Kier alpha value is -3.19. The highest BCUT2D eigenvalue weighted by atomic mass is 32.2. The highest BCUT2D eigenvalue weighted by Crippen LogP contribution is 2.25. The second-order valence-corrected chi connectivity index (χ2v) is 7.82. The first-order valence-corrected chi connectivity index (χ1v) is 10.6. The molecule has 0 bridgehead atoms. The molecule has 0 radical (unpaired) electrons. The lowest BCUT2D eigenvalue weighted by molar-refractivity contribution is 0.662. The molecule has 29 heavy (non-hydrogen) atoms. The van der Waals surface area contributed by atoms with Gasteiger partial charge in [-0.05, 0) is 30.7 Å². The molecule has 0 amide bonds. The van der Waals surface area contributed by atoms with Crippen molar-refractivity contribution in [2.24, 2.45) is 0 Å². The Bertz CT molecular complexity index is 1410. The number of hydrogen-bond acceptors (Lipinski definition) is 5. The number of benzene rings is 2. The first kappa shape index (κ1) is 17.9. The number of nitrogens with zero attached hydrogens (tertiary/aromatic N) is 5. The molecule has 0 aliphatic rings. The van der Waals surface area contributed by atoms with Crippen molar-refractivity contribution in [1.82, 2.24) is 24.1 Å². The molecule has 5 aromatic rings. The van der Waals surface area contributed by atoms with Gasteiger partial charge >= 0.3 is 0 Å². The molecular weight excluding hydrogens is 382 g/mol. The molecule has 0 saturated carbocycles. The summed E-state index contributed by atoms with van der Waals surface area (Å²) in [6.45, 7) is 2.66. The molecule has 0 spiro atoms. The number of aromatic nitrogens is 5. The van der Waals surface area contributed by atoms with Crippen LogP contribution in [0.4, 0.5) is 0 Å². The summed E-state index contributed by atoms with van der Waals surface area (Å²) in [6, 6.07) is 19.9. The van der Waals surface area contributed by atoms with Crippen LogP contribution in [0.3, 0.4) is 0 Å². The van der Waals surface area contributed by atoms with E-state index in [0.29, 0.717) is 23.5 Å². The van der Waals surface area contributed by atoms with Gasteiger partial charge in [-0.25, -0.2) is 0 Å². The Kier molecular flexibility index (Phi) is 4.52. The predicted octanol–water partition coefficient (Wildman–Crippen LogP) is 4.29. The average molecular weight is 401 g/mol. The molecule has 0 fully saturated rings. The van der Waals surface area contributed by atoms with Crippen molar-refractivity contribution in [2.45, 2.75) is 30.8 Å². The third kappa shape index (κ3) is 3.07. The van der Waals surface area contributed by atoms with E-state index in [-0.39, 0.29) is 5.56 Å². The van der Waals surface area contributed by atoms with Gasteiger partial charge in [0, 0.05) is 17.7 Å². The van der Waals surface area contributed by atoms with Gasteiger partial charge in [-0.2, -0.15) is 0 Å². The van der Waals surface area contributed by atoms with Crippen molar-refractivity contribution in [1.29, 1.82) is 0 Å². The smallest absolute Gasteiger partial charge is 0.262 e. The Morgan fingerprint density at radius 2 is 1.79 bits per heavy atom. The highest BCUT2D eigenvalue weighted by Gasteiger charge is 2.16. The average Bonchev–Trinajstić information content (AvgIpc) is 3.19. The number of thioether (sulfide) groups is 1. The standard InChI is InChI=1S/C22H19N5OS/c1-2-13-26-20(28)17-8-4-6-10-19(17)27-21(26)24-25-22(27)29-14-16-12-11-15-7-3-5-9-18(15)23-16/h3-12H,2,13-14H2,1H3.